The molecule has 0 radical (unpaired) electrons. The number of fused-ring (bicyclic) bond motifs is 6. The van der Waals surface area contributed by atoms with Crippen LogP contribution in [0.3, 0.4) is 0 Å². The van der Waals surface area contributed by atoms with Crippen LogP contribution in [0.2, 0.25) is 5.02 Å². The van der Waals surface area contributed by atoms with Crippen LogP contribution in [-0.2, 0) is 24.2 Å². The van der Waals surface area contributed by atoms with Crippen molar-refractivity contribution in [3.8, 4) is 0 Å². The number of benzene rings is 2. The molecule has 4 N–H and O–H groups in total. The standard InChI is InChI=1S/C32H33ClN8O2/c33-27-20-35-31-38-26-14-23(17-34-19-26)6-7-24-16-25(37-30(27)40-31)8-9-28(24)39-29(42)15-21-10-12-41(13-11-21)32(43)36-18-22-4-2-1-3-5-22/h1-5,8-9,14,16-17,19-21H,6-7,10-13,15,18H2,(H,36,43)(H,39,42)(H2,35,37,38,40). The minimum absolute atomic E-state index is 0.0248. The van der Waals surface area contributed by atoms with Crippen molar-refractivity contribution in [1.29, 1.82) is 0 Å². The number of nitrogens with one attached hydrogen (secondary N) is 4. The number of likely N-dealkylation sites (tertiary alicyclic amines) is 1. The third-order valence-corrected chi connectivity index (χ3v) is 8.06. The van der Waals surface area contributed by atoms with E-state index >= 15 is 0 Å². The molecule has 10 nitrogen and oxygen atoms in total. The van der Waals surface area contributed by atoms with Crippen LogP contribution in [0.15, 0.2) is 73.2 Å². The lowest BCUT2D eigenvalue weighted by Gasteiger charge is -2.31. The molecule has 0 spiro atoms. The summed E-state index contributed by atoms with van der Waals surface area (Å²) in [5.41, 5.74) is 5.48. The van der Waals surface area contributed by atoms with Gasteiger partial charge in [-0.15, -0.1) is 0 Å². The topological polar surface area (TPSA) is 124 Å². The van der Waals surface area contributed by atoms with Gasteiger partial charge in [-0.05, 0) is 72.6 Å². The number of urea groups is 1. The number of carbonyl (C=O) groups is 2. The van der Waals surface area contributed by atoms with Gasteiger partial charge in [-0.3, -0.25) is 9.78 Å². The van der Waals surface area contributed by atoms with E-state index in [1.165, 1.54) is 0 Å². The van der Waals surface area contributed by atoms with Crippen LogP contribution in [0, 0.1) is 5.92 Å². The zero-order chi connectivity index (χ0) is 29.6. The van der Waals surface area contributed by atoms with Crippen molar-refractivity contribution < 1.29 is 9.59 Å². The minimum atomic E-state index is -0.0588. The summed E-state index contributed by atoms with van der Waals surface area (Å²) in [5.74, 6) is 1.08. The van der Waals surface area contributed by atoms with Gasteiger partial charge in [0.15, 0.2) is 5.82 Å². The van der Waals surface area contributed by atoms with Gasteiger partial charge in [0.1, 0.15) is 5.02 Å². The fourth-order valence-electron chi connectivity index (χ4n) is 5.44. The number of halogens is 1. The fourth-order valence-corrected chi connectivity index (χ4v) is 5.58. The number of amides is 3. The maximum absolute atomic E-state index is 13.2. The zero-order valence-corrected chi connectivity index (χ0v) is 24.4. The summed E-state index contributed by atoms with van der Waals surface area (Å²) in [5, 5.41) is 13.0. The van der Waals surface area contributed by atoms with Gasteiger partial charge in [0.25, 0.3) is 0 Å². The van der Waals surface area contributed by atoms with E-state index in [2.05, 4.69) is 36.2 Å². The van der Waals surface area contributed by atoms with Gasteiger partial charge in [-0.1, -0.05) is 41.9 Å². The maximum Gasteiger partial charge on any atom is 0.317 e. The summed E-state index contributed by atoms with van der Waals surface area (Å²) in [4.78, 5) is 40.8. The molecule has 3 amide bonds. The van der Waals surface area contributed by atoms with Crippen molar-refractivity contribution in [3.05, 3.63) is 94.9 Å². The molecule has 43 heavy (non-hydrogen) atoms. The van der Waals surface area contributed by atoms with Crippen molar-refractivity contribution in [2.24, 2.45) is 5.92 Å². The van der Waals surface area contributed by atoms with Gasteiger partial charge >= 0.3 is 6.03 Å². The summed E-state index contributed by atoms with van der Waals surface area (Å²) >= 11 is 6.38. The second-order valence-corrected chi connectivity index (χ2v) is 11.3. The molecule has 2 aliphatic rings. The van der Waals surface area contributed by atoms with Crippen molar-refractivity contribution >= 4 is 52.4 Å². The van der Waals surface area contributed by atoms with Crippen LogP contribution in [0.25, 0.3) is 0 Å². The van der Waals surface area contributed by atoms with Crippen molar-refractivity contribution in [1.82, 2.24) is 25.2 Å². The van der Waals surface area contributed by atoms with Gasteiger partial charge in [0.2, 0.25) is 11.9 Å². The first-order valence-electron chi connectivity index (χ1n) is 14.5. The number of pyridine rings is 1. The second-order valence-electron chi connectivity index (χ2n) is 10.9. The quantitative estimate of drug-likeness (QED) is 0.221. The first-order valence-corrected chi connectivity index (χ1v) is 14.9. The van der Waals surface area contributed by atoms with Gasteiger partial charge in [-0.25, -0.2) is 9.78 Å². The smallest absolute Gasteiger partial charge is 0.317 e. The number of aromatic nitrogens is 3. The number of carbonyl (C=O) groups excluding carboxylic acids is 2. The molecule has 0 saturated carbocycles. The molecule has 1 saturated heterocycles. The van der Waals surface area contributed by atoms with E-state index < -0.39 is 0 Å². The van der Waals surface area contributed by atoms with Gasteiger partial charge in [0, 0.05) is 43.6 Å². The number of aryl methyl sites for hydroxylation is 2. The SMILES string of the molecule is O=C(CC1CCN(C(=O)NCc2ccccc2)CC1)Nc1ccc2cc1CCc1cncc(c1)Nc1ncc(Cl)c(n1)N2. The normalized spacial score (nSPS) is 14.7. The minimum Gasteiger partial charge on any atom is -0.339 e. The Morgan fingerprint density at radius 3 is 2.63 bits per heavy atom. The molecule has 4 aromatic rings. The van der Waals surface area contributed by atoms with E-state index in [-0.39, 0.29) is 17.9 Å². The highest BCUT2D eigenvalue weighted by Gasteiger charge is 2.25. The van der Waals surface area contributed by atoms with Gasteiger partial charge in [0.05, 0.1) is 18.1 Å². The molecule has 4 heterocycles. The molecule has 1 fully saturated rings. The number of piperidine rings is 1. The lowest BCUT2D eigenvalue weighted by molar-refractivity contribution is -0.117. The molecule has 6 bridgehead atoms. The summed E-state index contributed by atoms with van der Waals surface area (Å²) in [6.07, 6.45) is 8.54. The lowest BCUT2D eigenvalue weighted by atomic mass is 9.93. The summed E-state index contributed by atoms with van der Waals surface area (Å²) < 4.78 is 0. The first kappa shape index (κ1) is 28.4. The summed E-state index contributed by atoms with van der Waals surface area (Å²) in [6, 6.07) is 17.7. The molecule has 2 aliphatic heterocycles. The molecule has 2 aromatic carbocycles. The number of anilines is 5. The number of nitrogens with zero attached hydrogens (tertiary/aromatic N) is 4. The van der Waals surface area contributed by atoms with Crippen LogP contribution in [0.4, 0.5) is 33.6 Å². The third kappa shape index (κ3) is 7.39. The predicted octanol–water partition coefficient (Wildman–Crippen LogP) is 6.06. The van der Waals surface area contributed by atoms with Crippen molar-refractivity contribution in [3.63, 3.8) is 0 Å². The Morgan fingerprint density at radius 2 is 1.79 bits per heavy atom. The Kier molecular flexibility index (Phi) is 8.65. The average molecular weight is 597 g/mol. The number of hydrogen-bond acceptors (Lipinski definition) is 7. The molecule has 0 atom stereocenters. The highest BCUT2D eigenvalue weighted by atomic mass is 35.5. The summed E-state index contributed by atoms with van der Waals surface area (Å²) in [7, 11) is 0. The fraction of sp³-hybridized carbons (Fsp3) is 0.281. The highest BCUT2D eigenvalue weighted by Crippen LogP contribution is 2.30. The van der Waals surface area contributed by atoms with E-state index in [0.29, 0.717) is 49.3 Å². The summed E-state index contributed by atoms with van der Waals surface area (Å²) in [6.45, 7) is 1.78. The van der Waals surface area contributed by atoms with Crippen LogP contribution < -0.4 is 21.3 Å². The van der Waals surface area contributed by atoms with Crippen molar-refractivity contribution in [2.45, 2.75) is 38.6 Å². The zero-order valence-electron chi connectivity index (χ0n) is 23.6. The van der Waals surface area contributed by atoms with E-state index in [1.807, 2.05) is 65.7 Å². The van der Waals surface area contributed by atoms with E-state index in [1.54, 1.807) is 12.4 Å². The predicted molar refractivity (Wildman–Crippen MR) is 168 cm³/mol. The molecular formula is C32H33ClN8O2. The van der Waals surface area contributed by atoms with Crippen LogP contribution >= 0.6 is 11.6 Å². The second kappa shape index (κ2) is 13.1. The van der Waals surface area contributed by atoms with Crippen LogP contribution in [0.5, 0.6) is 0 Å². The Labute approximate surface area is 255 Å². The molecule has 11 heteroatoms. The number of rotatable bonds is 5. The van der Waals surface area contributed by atoms with Crippen LogP contribution in [0.1, 0.15) is 36.0 Å². The molecule has 0 aliphatic carbocycles. The third-order valence-electron chi connectivity index (χ3n) is 7.78. The van der Waals surface area contributed by atoms with E-state index in [0.717, 1.165) is 53.0 Å². The van der Waals surface area contributed by atoms with E-state index in [4.69, 9.17) is 11.6 Å². The Hall–Kier alpha value is -4.70. The first-order chi connectivity index (χ1) is 21.0. The monoisotopic (exact) mass is 596 g/mol. The Bertz CT molecular complexity index is 1610. The molecule has 220 valence electrons. The number of hydrogen-bond donors (Lipinski definition) is 4. The van der Waals surface area contributed by atoms with Crippen molar-refractivity contribution in [2.75, 3.05) is 29.0 Å². The molecule has 2 aromatic heterocycles. The Morgan fingerprint density at radius 1 is 0.953 bits per heavy atom. The average Bonchev–Trinajstić information content (AvgIpc) is 3.02. The van der Waals surface area contributed by atoms with Gasteiger partial charge in [-0.2, -0.15) is 4.98 Å². The molecule has 0 unspecified atom stereocenters. The Balaban J connectivity index is 1.09. The molecule has 6 rings (SSSR count). The lowest BCUT2D eigenvalue weighted by Crippen LogP contribution is -2.44. The van der Waals surface area contributed by atoms with E-state index in [9.17, 15) is 9.59 Å². The molecular weight excluding hydrogens is 564 g/mol. The largest absolute Gasteiger partial charge is 0.339 e. The van der Waals surface area contributed by atoms with Gasteiger partial charge < -0.3 is 26.2 Å². The van der Waals surface area contributed by atoms with Crippen LogP contribution in [-0.4, -0.2) is 44.9 Å². The highest BCUT2D eigenvalue weighted by molar-refractivity contribution is 6.32. The maximum atomic E-state index is 13.2.